The molecule has 158 valence electrons. The Morgan fingerprint density at radius 1 is 1.26 bits per heavy atom. The van der Waals surface area contributed by atoms with Crippen LogP contribution in [0.2, 0.25) is 0 Å². The van der Waals surface area contributed by atoms with Crippen LogP contribution in [0.5, 0.6) is 0 Å². The number of likely N-dealkylation sites (N-methyl/N-ethyl adjacent to an activating group) is 1. The number of hydrogen-bond donors (Lipinski definition) is 2. The van der Waals surface area contributed by atoms with Gasteiger partial charge in [-0.05, 0) is 6.07 Å². The number of anilines is 1. The van der Waals surface area contributed by atoms with Gasteiger partial charge in [0.1, 0.15) is 5.69 Å². The lowest BCUT2D eigenvalue weighted by Gasteiger charge is -2.15. The molecule has 3 aromatic heterocycles. The van der Waals surface area contributed by atoms with Crippen molar-refractivity contribution in [3.8, 4) is 11.4 Å². The first kappa shape index (κ1) is 17.8. The summed E-state index contributed by atoms with van der Waals surface area (Å²) in [5.74, 6) is -0.678. The summed E-state index contributed by atoms with van der Waals surface area (Å²) in [5, 5.41) is 20.5. The van der Waals surface area contributed by atoms with E-state index in [9.17, 15) is 14.7 Å². The average molecular weight is 423 g/mol. The highest BCUT2D eigenvalue weighted by atomic mass is 16.3. The van der Waals surface area contributed by atoms with Crippen molar-refractivity contribution in [2.45, 2.75) is 0 Å². The topological polar surface area (TPSA) is 118 Å². The first-order valence-electron chi connectivity index (χ1n) is 10.4. The molecule has 4 rings (SSSR count). The molecule has 3 heterocycles. The zero-order valence-electron chi connectivity index (χ0n) is 18.9. The summed E-state index contributed by atoms with van der Waals surface area (Å²) in [6.45, 7) is -3.13. The molecule has 0 saturated heterocycles. The molecule has 0 radical (unpaired) electrons. The number of rotatable bonds is 6. The number of carbonyl (C=O) groups is 2. The van der Waals surface area contributed by atoms with E-state index in [0.29, 0.717) is 17.2 Å². The zero-order valence-corrected chi connectivity index (χ0v) is 16.9. The van der Waals surface area contributed by atoms with Crippen molar-refractivity contribution in [3.63, 3.8) is 0 Å². The van der Waals surface area contributed by atoms with Crippen LogP contribution >= 0.6 is 0 Å². The quantitative estimate of drug-likeness (QED) is 0.485. The van der Waals surface area contributed by atoms with Crippen LogP contribution in [0, 0.1) is 0 Å². The van der Waals surface area contributed by atoms with Crippen LogP contribution in [0.1, 0.15) is 23.6 Å². The minimum Gasteiger partial charge on any atom is -0.395 e. The van der Waals surface area contributed by atoms with Gasteiger partial charge in [0.2, 0.25) is 0 Å². The van der Waals surface area contributed by atoms with Crippen LogP contribution in [0.15, 0.2) is 54.9 Å². The van der Waals surface area contributed by atoms with Crippen LogP contribution < -0.4 is 5.32 Å². The monoisotopic (exact) mass is 423 g/mol. The molecular formula is C21H21N7O3. The third-order valence-corrected chi connectivity index (χ3v) is 4.67. The Labute approximate surface area is 180 Å². The van der Waals surface area contributed by atoms with E-state index >= 15 is 0 Å². The molecule has 0 bridgehead atoms. The first-order valence-corrected chi connectivity index (χ1v) is 9.35. The highest BCUT2D eigenvalue weighted by Crippen LogP contribution is 2.19. The van der Waals surface area contributed by atoms with Gasteiger partial charge in [0.25, 0.3) is 11.8 Å². The maximum atomic E-state index is 13.0. The molecule has 10 nitrogen and oxygen atoms in total. The van der Waals surface area contributed by atoms with Gasteiger partial charge in [0.15, 0.2) is 11.5 Å². The molecule has 2 N–H and O–H groups in total. The number of fused-ring (bicyclic) bond motifs is 1. The summed E-state index contributed by atoms with van der Waals surface area (Å²) >= 11 is 0. The number of carbonyl (C=O) groups excluding carboxylic acids is 2. The van der Waals surface area contributed by atoms with Crippen molar-refractivity contribution in [1.82, 2.24) is 29.3 Å². The second kappa shape index (κ2) is 8.36. The molecule has 0 fully saturated rings. The Morgan fingerprint density at radius 3 is 2.77 bits per heavy atom. The zero-order chi connectivity index (χ0) is 23.8. The molecule has 1 aromatic carbocycles. The molecule has 0 aliphatic rings. The minimum atomic E-state index is -2.57. The van der Waals surface area contributed by atoms with Gasteiger partial charge in [-0.2, -0.15) is 5.10 Å². The van der Waals surface area contributed by atoms with Crippen LogP contribution in [0.4, 0.5) is 5.69 Å². The van der Waals surface area contributed by atoms with E-state index in [1.54, 1.807) is 22.8 Å². The number of benzene rings is 1. The molecule has 4 aromatic rings. The van der Waals surface area contributed by atoms with Crippen molar-refractivity contribution >= 4 is 23.1 Å². The third kappa shape index (κ3) is 4.01. The number of hydrogen-bond acceptors (Lipinski definition) is 6. The van der Waals surface area contributed by atoms with Crippen LogP contribution in [-0.2, 0) is 7.05 Å². The smallest absolute Gasteiger partial charge is 0.274 e. The standard InChI is InChI=1S/C21H21N7O3/c1-26(10-11-29)21(31)16-13-22-27(2)18(16)20(30)23-15-8-9-28-17(12-15)24-19(25-28)14-6-4-3-5-7-14/h3-9,12-13,29H,10-11H2,1-2H3,(H,23,30)/i11T2. The van der Waals surface area contributed by atoms with Gasteiger partial charge in [-0.25, -0.2) is 9.50 Å². The molecule has 0 aliphatic carbocycles. The van der Waals surface area contributed by atoms with Crippen molar-refractivity contribution in [2.24, 2.45) is 7.05 Å². The molecule has 10 heteroatoms. The lowest BCUT2D eigenvalue weighted by atomic mass is 10.2. The minimum absolute atomic E-state index is 0.00309. The fraction of sp³-hybridized carbons (Fsp3) is 0.190. The summed E-state index contributed by atoms with van der Waals surface area (Å²) in [5.41, 5.74) is 1.81. The van der Waals surface area contributed by atoms with Crippen LogP contribution in [-0.4, -0.2) is 66.4 Å². The van der Waals surface area contributed by atoms with E-state index in [0.717, 1.165) is 10.5 Å². The van der Waals surface area contributed by atoms with Gasteiger partial charge in [0.05, 0.1) is 21.1 Å². The molecule has 0 unspecified atom stereocenters. The number of nitrogens with zero attached hydrogens (tertiary/aromatic N) is 6. The van der Waals surface area contributed by atoms with E-state index in [2.05, 4.69) is 20.5 Å². The second-order valence-electron chi connectivity index (χ2n) is 6.82. The van der Waals surface area contributed by atoms with Crippen molar-refractivity contribution in [1.29, 1.82) is 0 Å². The molecule has 31 heavy (non-hydrogen) atoms. The average Bonchev–Trinajstić information content (AvgIpc) is 3.35. The van der Waals surface area contributed by atoms with Gasteiger partial charge >= 0.3 is 0 Å². The van der Waals surface area contributed by atoms with Gasteiger partial charge in [-0.15, -0.1) is 5.10 Å². The maximum Gasteiger partial charge on any atom is 0.274 e. The van der Waals surface area contributed by atoms with Crippen molar-refractivity contribution < 1.29 is 17.4 Å². The van der Waals surface area contributed by atoms with E-state index < -0.39 is 24.9 Å². The summed E-state index contributed by atoms with van der Waals surface area (Å²) in [6.07, 6.45) is 2.89. The Balaban J connectivity index is 1.57. The van der Waals surface area contributed by atoms with E-state index in [1.165, 1.54) is 25.0 Å². The summed E-state index contributed by atoms with van der Waals surface area (Å²) in [4.78, 5) is 31.2. The van der Waals surface area contributed by atoms with Gasteiger partial charge in [0, 0.05) is 44.2 Å². The molecule has 2 amide bonds. The number of aliphatic hydroxyl groups is 1. The van der Waals surface area contributed by atoms with Gasteiger partial charge in [-0.3, -0.25) is 14.3 Å². The Bertz CT molecular complexity index is 1330. The normalized spacial score (nSPS) is 12.4. The molecule has 0 spiro atoms. The molecule has 0 aliphatic heterocycles. The lowest BCUT2D eigenvalue weighted by Crippen LogP contribution is -2.31. The van der Waals surface area contributed by atoms with E-state index in [-0.39, 0.29) is 11.3 Å². The Hall–Kier alpha value is -4.05. The van der Waals surface area contributed by atoms with Crippen LogP contribution in [0.3, 0.4) is 0 Å². The molecule has 0 saturated carbocycles. The first-order chi connectivity index (χ1) is 15.6. The lowest BCUT2D eigenvalue weighted by molar-refractivity contribution is 0.0762. The predicted molar refractivity (Wildman–Crippen MR) is 114 cm³/mol. The number of nitrogens with one attached hydrogen (secondary N) is 1. The third-order valence-electron chi connectivity index (χ3n) is 4.67. The highest BCUT2D eigenvalue weighted by Gasteiger charge is 2.24. The fourth-order valence-electron chi connectivity index (χ4n) is 3.11. The van der Waals surface area contributed by atoms with Crippen LogP contribution in [0.25, 0.3) is 17.0 Å². The van der Waals surface area contributed by atoms with Crippen molar-refractivity contribution in [3.05, 3.63) is 66.1 Å². The Kier molecular flexibility index (Phi) is 4.80. The van der Waals surface area contributed by atoms with Gasteiger partial charge < -0.3 is 15.3 Å². The fourth-order valence-corrected chi connectivity index (χ4v) is 3.11. The largest absolute Gasteiger partial charge is 0.395 e. The van der Waals surface area contributed by atoms with E-state index in [4.69, 9.17) is 2.74 Å². The summed E-state index contributed by atoms with van der Waals surface area (Å²) in [6, 6.07) is 12.8. The number of aryl methyl sites for hydroxylation is 1. The highest BCUT2D eigenvalue weighted by molar-refractivity contribution is 6.11. The van der Waals surface area contributed by atoms with Gasteiger partial charge in [-0.1, -0.05) is 30.3 Å². The maximum absolute atomic E-state index is 13.0. The predicted octanol–water partition coefficient (Wildman–Crippen LogP) is 1.45. The number of aromatic nitrogens is 5. The summed E-state index contributed by atoms with van der Waals surface area (Å²) < 4.78 is 17.3. The SMILES string of the molecule is [3H]C([3H])(O)CN(C)C(=O)c1cnn(C)c1C(=O)Nc1ccn2nc(-c3ccccc3)nc2c1. The summed E-state index contributed by atoms with van der Waals surface area (Å²) in [7, 11) is 2.85. The second-order valence-corrected chi connectivity index (χ2v) is 6.82. The number of pyridine rings is 1. The number of amides is 2. The van der Waals surface area contributed by atoms with E-state index in [1.807, 2.05) is 30.3 Å². The Morgan fingerprint density at radius 2 is 2.03 bits per heavy atom. The van der Waals surface area contributed by atoms with Crippen molar-refractivity contribution in [2.75, 3.05) is 25.5 Å². The molecular weight excluding hydrogens is 398 g/mol. The molecule has 0 atom stereocenters.